The Balaban J connectivity index is 1.77. The van der Waals surface area contributed by atoms with Crippen molar-refractivity contribution in [2.24, 2.45) is 0 Å². The van der Waals surface area contributed by atoms with Crippen LogP contribution < -0.4 is 5.32 Å². The van der Waals surface area contributed by atoms with Gasteiger partial charge in [0.05, 0.1) is 0 Å². The Morgan fingerprint density at radius 1 is 1.17 bits per heavy atom. The summed E-state index contributed by atoms with van der Waals surface area (Å²) in [4.78, 5) is 1.37. The fourth-order valence-corrected chi connectivity index (χ4v) is 5.07. The third kappa shape index (κ3) is 7.17. The minimum absolute atomic E-state index is 0.282. The molecule has 5 heteroatoms. The first-order chi connectivity index (χ1) is 10.9. The van der Waals surface area contributed by atoms with Crippen LogP contribution in [0.15, 0.2) is 23.1 Å². The Labute approximate surface area is 145 Å². The number of hydrogen-bond donors (Lipinski definition) is 1. The Bertz CT molecular complexity index is 593. The van der Waals surface area contributed by atoms with E-state index in [2.05, 4.69) is 30.4 Å². The maximum atomic E-state index is 11.1. The highest BCUT2D eigenvalue weighted by Crippen LogP contribution is 2.34. The summed E-state index contributed by atoms with van der Waals surface area (Å²) in [6.07, 6.45) is 9.76. The number of rotatable bonds is 8. The minimum atomic E-state index is -2.83. The van der Waals surface area contributed by atoms with E-state index >= 15 is 0 Å². The molecular formula is C18H29NO2S2. The number of hydrogen-bond acceptors (Lipinski definition) is 4. The summed E-state index contributed by atoms with van der Waals surface area (Å²) in [5, 5.41) is 4.22. The van der Waals surface area contributed by atoms with E-state index in [9.17, 15) is 8.42 Å². The fraction of sp³-hybridized carbons (Fsp3) is 0.667. The number of nitrogens with one attached hydrogen (secondary N) is 1. The normalized spacial score (nSPS) is 16.4. The molecule has 0 bridgehead atoms. The number of anilines is 1. The van der Waals surface area contributed by atoms with E-state index in [1.165, 1.54) is 48.8 Å². The maximum Gasteiger partial charge on any atom is 0.147 e. The van der Waals surface area contributed by atoms with Gasteiger partial charge in [0, 0.05) is 34.4 Å². The quantitative estimate of drug-likeness (QED) is 0.689. The molecule has 0 saturated heterocycles. The molecule has 1 aliphatic rings. The molecule has 0 atom stereocenters. The SMILES string of the molecule is Cc1cc(SC2CCCCC2)ccc1NCCCCS(C)(=O)=O. The van der Waals surface area contributed by atoms with Gasteiger partial charge in [0.25, 0.3) is 0 Å². The van der Waals surface area contributed by atoms with Crippen molar-refractivity contribution in [1.29, 1.82) is 0 Å². The Morgan fingerprint density at radius 3 is 2.57 bits per heavy atom. The lowest BCUT2D eigenvalue weighted by Crippen LogP contribution is -2.08. The summed E-state index contributed by atoms with van der Waals surface area (Å²) in [6.45, 7) is 2.97. The predicted octanol–water partition coefficient (Wildman–Crippen LogP) is 4.66. The molecule has 1 N–H and O–H groups in total. The molecule has 1 aromatic rings. The monoisotopic (exact) mass is 355 g/mol. The van der Waals surface area contributed by atoms with Crippen molar-refractivity contribution in [3.05, 3.63) is 23.8 Å². The van der Waals surface area contributed by atoms with Crippen molar-refractivity contribution in [3.63, 3.8) is 0 Å². The van der Waals surface area contributed by atoms with E-state index in [4.69, 9.17) is 0 Å². The van der Waals surface area contributed by atoms with Crippen LogP contribution in [-0.2, 0) is 9.84 Å². The van der Waals surface area contributed by atoms with E-state index < -0.39 is 9.84 Å². The highest BCUT2D eigenvalue weighted by Gasteiger charge is 2.14. The van der Waals surface area contributed by atoms with Gasteiger partial charge < -0.3 is 5.32 Å². The van der Waals surface area contributed by atoms with Gasteiger partial charge in [-0.05, 0) is 56.4 Å². The summed E-state index contributed by atoms with van der Waals surface area (Å²) >= 11 is 2.03. The summed E-state index contributed by atoms with van der Waals surface area (Å²) in [7, 11) is -2.83. The molecule has 1 aromatic carbocycles. The molecule has 1 aliphatic carbocycles. The molecule has 0 heterocycles. The van der Waals surface area contributed by atoms with Crippen LogP contribution in [0.3, 0.4) is 0 Å². The first-order valence-corrected chi connectivity index (χ1v) is 11.6. The standard InChI is InChI=1S/C18H29NO2S2/c1-15-14-17(22-16-8-4-3-5-9-16)10-11-18(15)19-12-6-7-13-23(2,20)21/h10-11,14,16,19H,3-9,12-13H2,1-2H3. The van der Waals surface area contributed by atoms with Gasteiger partial charge in [-0.1, -0.05) is 19.3 Å². The summed E-state index contributed by atoms with van der Waals surface area (Å²) < 4.78 is 22.2. The zero-order valence-electron chi connectivity index (χ0n) is 14.3. The molecule has 0 aromatic heterocycles. The second kappa shape index (κ2) is 8.97. The van der Waals surface area contributed by atoms with Crippen LogP contribution in [0.5, 0.6) is 0 Å². The minimum Gasteiger partial charge on any atom is -0.385 e. The zero-order valence-corrected chi connectivity index (χ0v) is 15.9. The molecule has 23 heavy (non-hydrogen) atoms. The van der Waals surface area contributed by atoms with Crippen LogP contribution in [0.1, 0.15) is 50.5 Å². The second-order valence-electron chi connectivity index (χ2n) is 6.62. The largest absolute Gasteiger partial charge is 0.385 e. The number of sulfone groups is 1. The van der Waals surface area contributed by atoms with Crippen LogP contribution in [-0.4, -0.2) is 32.2 Å². The smallest absolute Gasteiger partial charge is 0.147 e. The van der Waals surface area contributed by atoms with E-state index in [-0.39, 0.29) is 5.75 Å². The van der Waals surface area contributed by atoms with Crippen LogP contribution >= 0.6 is 11.8 Å². The van der Waals surface area contributed by atoms with Crippen molar-refractivity contribution in [2.45, 2.75) is 62.0 Å². The molecule has 3 nitrogen and oxygen atoms in total. The van der Waals surface area contributed by atoms with E-state index in [1.807, 2.05) is 11.8 Å². The van der Waals surface area contributed by atoms with Gasteiger partial charge >= 0.3 is 0 Å². The van der Waals surface area contributed by atoms with Gasteiger partial charge in [0.2, 0.25) is 0 Å². The van der Waals surface area contributed by atoms with Crippen LogP contribution in [0.4, 0.5) is 5.69 Å². The predicted molar refractivity (Wildman–Crippen MR) is 101 cm³/mol. The first kappa shape index (κ1) is 18.7. The van der Waals surface area contributed by atoms with Crippen LogP contribution in [0, 0.1) is 6.92 Å². The summed E-state index contributed by atoms with van der Waals surface area (Å²) in [6, 6.07) is 6.65. The Kier molecular flexibility index (Phi) is 7.28. The number of unbranched alkanes of at least 4 members (excludes halogenated alkanes) is 1. The second-order valence-corrected chi connectivity index (χ2v) is 10.3. The Hall–Kier alpha value is -0.680. The lowest BCUT2D eigenvalue weighted by molar-refractivity contribution is 0.516. The Morgan fingerprint density at radius 2 is 1.91 bits per heavy atom. The average Bonchev–Trinajstić information content (AvgIpc) is 2.49. The molecule has 0 spiro atoms. The summed E-state index contributed by atoms with van der Waals surface area (Å²) in [5.41, 5.74) is 2.44. The lowest BCUT2D eigenvalue weighted by atomic mass is 10.0. The zero-order chi connectivity index (χ0) is 16.7. The highest BCUT2D eigenvalue weighted by atomic mass is 32.2. The molecule has 1 fully saturated rings. The molecule has 0 aliphatic heterocycles. The maximum absolute atomic E-state index is 11.1. The molecule has 2 rings (SSSR count). The molecule has 0 radical (unpaired) electrons. The van der Waals surface area contributed by atoms with Crippen molar-refractivity contribution >= 4 is 27.3 Å². The number of aryl methyl sites for hydroxylation is 1. The van der Waals surface area contributed by atoms with Crippen LogP contribution in [0.2, 0.25) is 0 Å². The van der Waals surface area contributed by atoms with Gasteiger partial charge in [-0.25, -0.2) is 8.42 Å². The van der Waals surface area contributed by atoms with Gasteiger partial charge in [0.1, 0.15) is 9.84 Å². The van der Waals surface area contributed by atoms with E-state index in [0.29, 0.717) is 0 Å². The molecule has 0 unspecified atom stereocenters. The fourth-order valence-electron chi connectivity index (χ4n) is 3.00. The average molecular weight is 356 g/mol. The van der Waals surface area contributed by atoms with Crippen molar-refractivity contribution < 1.29 is 8.42 Å². The molecule has 1 saturated carbocycles. The topological polar surface area (TPSA) is 46.2 Å². The molecule has 130 valence electrons. The summed E-state index contributed by atoms with van der Waals surface area (Å²) in [5.74, 6) is 0.282. The van der Waals surface area contributed by atoms with Gasteiger partial charge in [-0.15, -0.1) is 11.8 Å². The van der Waals surface area contributed by atoms with Crippen molar-refractivity contribution in [1.82, 2.24) is 0 Å². The van der Waals surface area contributed by atoms with Gasteiger partial charge in [-0.3, -0.25) is 0 Å². The van der Waals surface area contributed by atoms with Crippen LogP contribution in [0.25, 0.3) is 0 Å². The van der Waals surface area contributed by atoms with Crippen molar-refractivity contribution in [3.8, 4) is 0 Å². The number of benzene rings is 1. The first-order valence-electron chi connectivity index (χ1n) is 8.63. The van der Waals surface area contributed by atoms with E-state index in [1.54, 1.807) is 0 Å². The molecule has 0 amide bonds. The van der Waals surface area contributed by atoms with Crippen molar-refractivity contribution in [2.75, 3.05) is 23.9 Å². The third-order valence-corrected chi connectivity index (χ3v) is 6.67. The third-order valence-electron chi connectivity index (χ3n) is 4.31. The van der Waals surface area contributed by atoms with Gasteiger partial charge in [-0.2, -0.15) is 0 Å². The number of thioether (sulfide) groups is 1. The molecular weight excluding hydrogens is 326 g/mol. The lowest BCUT2D eigenvalue weighted by Gasteiger charge is -2.21. The highest BCUT2D eigenvalue weighted by molar-refractivity contribution is 8.00. The van der Waals surface area contributed by atoms with Gasteiger partial charge in [0.15, 0.2) is 0 Å². The van der Waals surface area contributed by atoms with E-state index in [0.717, 1.165) is 30.3 Å².